The van der Waals surface area contributed by atoms with Crippen molar-refractivity contribution in [2.75, 3.05) is 24.5 Å². The van der Waals surface area contributed by atoms with Gasteiger partial charge in [0, 0.05) is 25.3 Å². The van der Waals surface area contributed by atoms with E-state index in [1.165, 1.54) is 29.7 Å². The molecule has 0 unspecified atom stereocenters. The highest BCUT2D eigenvalue weighted by Crippen LogP contribution is 2.31. The summed E-state index contributed by atoms with van der Waals surface area (Å²) in [6.45, 7) is 9.41. The molecule has 0 radical (unpaired) electrons. The molecule has 0 bridgehead atoms. The number of hydrogen-bond acceptors (Lipinski definition) is 3. The third-order valence-electron chi connectivity index (χ3n) is 4.35. The molecule has 0 aliphatic carbocycles. The number of ether oxygens (including phenoxy) is 1. The molecule has 1 saturated heterocycles. The lowest BCUT2D eigenvalue weighted by Crippen LogP contribution is -2.40. The summed E-state index contributed by atoms with van der Waals surface area (Å²) in [7, 11) is 0. The molecule has 120 valence electrons. The Hall–Kier alpha value is -1.71. The third kappa shape index (κ3) is 3.21. The zero-order valence-corrected chi connectivity index (χ0v) is 13.9. The van der Waals surface area contributed by atoms with Gasteiger partial charge in [0.25, 0.3) is 0 Å². The van der Waals surface area contributed by atoms with Crippen LogP contribution in [0.3, 0.4) is 0 Å². The van der Waals surface area contributed by atoms with Crippen LogP contribution in [0.25, 0.3) is 0 Å². The van der Waals surface area contributed by atoms with Crippen LogP contribution in [0.15, 0.2) is 18.2 Å². The molecule has 1 aromatic rings. The summed E-state index contributed by atoms with van der Waals surface area (Å²) in [6, 6.07) is 6.54. The zero-order chi connectivity index (χ0) is 15.7. The van der Waals surface area contributed by atoms with Gasteiger partial charge in [0.1, 0.15) is 5.60 Å². The zero-order valence-electron chi connectivity index (χ0n) is 13.9. The van der Waals surface area contributed by atoms with Gasteiger partial charge in [0.2, 0.25) is 0 Å². The average molecular weight is 302 g/mol. The molecule has 4 nitrogen and oxygen atoms in total. The highest BCUT2D eigenvalue weighted by Gasteiger charge is 2.28. The number of hydrogen-bond donors (Lipinski definition) is 0. The van der Waals surface area contributed by atoms with Crippen LogP contribution in [0.2, 0.25) is 0 Å². The first-order chi connectivity index (χ1) is 10.4. The number of benzene rings is 1. The van der Waals surface area contributed by atoms with E-state index in [1.807, 2.05) is 25.7 Å². The highest BCUT2D eigenvalue weighted by atomic mass is 16.6. The van der Waals surface area contributed by atoms with Gasteiger partial charge in [0.15, 0.2) is 0 Å². The first-order valence-electron chi connectivity index (χ1n) is 8.28. The molecule has 1 amide bonds. The van der Waals surface area contributed by atoms with Crippen LogP contribution in [0, 0.1) is 0 Å². The summed E-state index contributed by atoms with van der Waals surface area (Å²) in [4.78, 5) is 16.6. The molecule has 0 aromatic heterocycles. The largest absolute Gasteiger partial charge is 0.444 e. The van der Waals surface area contributed by atoms with Gasteiger partial charge in [-0.05, 0) is 57.2 Å². The van der Waals surface area contributed by atoms with Gasteiger partial charge in [-0.25, -0.2) is 4.79 Å². The van der Waals surface area contributed by atoms with Crippen LogP contribution >= 0.6 is 0 Å². The second-order valence-electron chi connectivity index (χ2n) is 7.26. The lowest BCUT2D eigenvalue weighted by atomic mass is 9.97. The van der Waals surface area contributed by atoms with E-state index in [0.29, 0.717) is 6.54 Å². The first-order valence-corrected chi connectivity index (χ1v) is 8.28. The molecule has 4 heteroatoms. The van der Waals surface area contributed by atoms with Crippen LogP contribution in [-0.4, -0.2) is 36.2 Å². The molecule has 1 aromatic carbocycles. The average Bonchev–Trinajstić information content (AvgIpc) is 2.98. The SMILES string of the molecule is CC(C)(C)OC(=O)N1CCc2cccc(N3CCCC3)c2C1. The Morgan fingerprint density at radius 3 is 2.55 bits per heavy atom. The third-order valence-corrected chi connectivity index (χ3v) is 4.35. The predicted molar refractivity (Wildman–Crippen MR) is 88.2 cm³/mol. The monoisotopic (exact) mass is 302 g/mol. The summed E-state index contributed by atoms with van der Waals surface area (Å²) < 4.78 is 5.53. The maximum atomic E-state index is 12.3. The minimum absolute atomic E-state index is 0.200. The number of fused-ring (bicyclic) bond motifs is 1. The highest BCUT2D eigenvalue weighted by molar-refractivity contribution is 5.70. The standard InChI is InChI=1S/C18H26N2O2/c1-18(2,3)22-17(21)20-12-9-14-7-6-8-16(15(14)13-20)19-10-4-5-11-19/h6-8H,4-5,9-13H2,1-3H3. The molecule has 2 aliphatic heterocycles. The Labute approximate surface area is 133 Å². The van der Waals surface area contributed by atoms with Crippen molar-refractivity contribution < 1.29 is 9.53 Å². The maximum Gasteiger partial charge on any atom is 0.410 e. The molecule has 0 N–H and O–H groups in total. The summed E-state index contributed by atoms with van der Waals surface area (Å²) in [5, 5.41) is 0. The number of nitrogens with zero attached hydrogens (tertiary/aromatic N) is 2. The lowest BCUT2D eigenvalue weighted by molar-refractivity contribution is 0.0224. The van der Waals surface area contributed by atoms with E-state index in [9.17, 15) is 4.79 Å². The quantitative estimate of drug-likeness (QED) is 0.795. The summed E-state index contributed by atoms with van der Waals surface area (Å²) in [5.41, 5.74) is 3.56. The molecular weight excluding hydrogens is 276 g/mol. The van der Waals surface area contributed by atoms with E-state index in [2.05, 4.69) is 23.1 Å². The number of anilines is 1. The Morgan fingerprint density at radius 1 is 1.14 bits per heavy atom. The maximum absolute atomic E-state index is 12.3. The van der Waals surface area contributed by atoms with E-state index in [0.717, 1.165) is 26.1 Å². The van der Waals surface area contributed by atoms with Gasteiger partial charge in [-0.1, -0.05) is 12.1 Å². The van der Waals surface area contributed by atoms with Crippen molar-refractivity contribution in [1.29, 1.82) is 0 Å². The van der Waals surface area contributed by atoms with E-state index < -0.39 is 5.60 Å². The fraction of sp³-hybridized carbons (Fsp3) is 0.611. The number of rotatable bonds is 1. The van der Waals surface area contributed by atoms with Crippen molar-refractivity contribution in [3.63, 3.8) is 0 Å². The molecule has 3 rings (SSSR count). The Bertz CT molecular complexity index is 557. The minimum Gasteiger partial charge on any atom is -0.444 e. The van der Waals surface area contributed by atoms with Crippen LogP contribution in [0.1, 0.15) is 44.7 Å². The number of amides is 1. The smallest absolute Gasteiger partial charge is 0.410 e. The molecule has 1 fully saturated rings. The fourth-order valence-corrected chi connectivity index (χ4v) is 3.30. The Kier molecular flexibility index (Phi) is 4.02. The van der Waals surface area contributed by atoms with Gasteiger partial charge in [-0.3, -0.25) is 0 Å². The van der Waals surface area contributed by atoms with Gasteiger partial charge in [-0.2, -0.15) is 0 Å². The van der Waals surface area contributed by atoms with Crippen molar-refractivity contribution in [2.24, 2.45) is 0 Å². The van der Waals surface area contributed by atoms with Crippen molar-refractivity contribution in [3.8, 4) is 0 Å². The van der Waals surface area contributed by atoms with Crippen molar-refractivity contribution in [2.45, 2.75) is 52.2 Å². The molecule has 22 heavy (non-hydrogen) atoms. The van der Waals surface area contributed by atoms with Gasteiger partial charge in [0.05, 0.1) is 6.54 Å². The van der Waals surface area contributed by atoms with Crippen LogP contribution in [0.4, 0.5) is 10.5 Å². The van der Waals surface area contributed by atoms with E-state index in [4.69, 9.17) is 4.74 Å². The first kappa shape index (κ1) is 15.2. The summed E-state index contributed by atoms with van der Waals surface area (Å²) >= 11 is 0. The van der Waals surface area contributed by atoms with E-state index in [-0.39, 0.29) is 6.09 Å². The van der Waals surface area contributed by atoms with Gasteiger partial charge >= 0.3 is 6.09 Å². The molecule has 0 spiro atoms. The Morgan fingerprint density at radius 2 is 1.86 bits per heavy atom. The normalized spacial score (nSPS) is 18.3. The van der Waals surface area contributed by atoms with Crippen molar-refractivity contribution in [3.05, 3.63) is 29.3 Å². The van der Waals surface area contributed by atoms with Crippen LogP contribution in [-0.2, 0) is 17.7 Å². The van der Waals surface area contributed by atoms with Gasteiger partial charge < -0.3 is 14.5 Å². The lowest BCUT2D eigenvalue weighted by Gasteiger charge is -2.33. The van der Waals surface area contributed by atoms with Gasteiger partial charge in [-0.15, -0.1) is 0 Å². The molecule has 2 heterocycles. The van der Waals surface area contributed by atoms with Crippen molar-refractivity contribution >= 4 is 11.8 Å². The van der Waals surface area contributed by atoms with E-state index in [1.54, 1.807) is 0 Å². The topological polar surface area (TPSA) is 32.8 Å². The number of carbonyl (C=O) groups is 1. The predicted octanol–water partition coefficient (Wildman–Crippen LogP) is 3.58. The Balaban J connectivity index is 1.80. The fourth-order valence-electron chi connectivity index (χ4n) is 3.30. The molecule has 0 atom stereocenters. The summed E-state index contributed by atoms with van der Waals surface area (Å²) in [6.07, 6.45) is 3.24. The summed E-state index contributed by atoms with van der Waals surface area (Å²) in [5.74, 6) is 0. The number of carbonyl (C=O) groups excluding carboxylic acids is 1. The second kappa shape index (κ2) is 5.82. The van der Waals surface area contributed by atoms with Crippen molar-refractivity contribution in [1.82, 2.24) is 4.90 Å². The second-order valence-corrected chi connectivity index (χ2v) is 7.26. The van der Waals surface area contributed by atoms with Crippen LogP contribution in [0.5, 0.6) is 0 Å². The van der Waals surface area contributed by atoms with E-state index >= 15 is 0 Å². The molecule has 0 saturated carbocycles. The van der Waals surface area contributed by atoms with Crippen LogP contribution < -0.4 is 4.90 Å². The molecule has 2 aliphatic rings. The minimum atomic E-state index is -0.439. The molecular formula is C18H26N2O2.